The summed E-state index contributed by atoms with van der Waals surface area (Å²) in [6.07, 6.45) is 3.30. The molecule has 0 aromatic carbocycles. The van der Waals surface area contributed by atoms with Crippen LogP contribution in [0.5, 0.6) is 0 Å². The normalized spacial score (nSPS) is 33.8. The highest BCUT2D eigenvalue weighted by Gasteiger charge is 2.30. The molecule has 2 fully saturated rings. The van der Waals surface area contributed by atoms with E-state index in [1.165, 1.54) is 6.42 Å². The molecule has 5 heteroatoms. The first-order valence-electron chi connectivity index (χ1n) is 6.42. The molecule has 2 aliphatic rings. The summed E-state index contributed by atoms with van der Waals surface area (Å²) in [6, 6.07) is 0. The molecule has 2 aliphatic heterocycles. The van der Waals surface area contributed by atoms with Crippen LogP contribution in [0.3, 0.4) is 0 Å². The fourth-order valence-corrected chi connectivity index (χ4v) is 2.45. The maximum atomic E-state index is 10.7. The Morgan fingerprint density at radius 3 is 2.82 bits per heavy atom. The average molecular weight is 243 g/mol. The Balaban J connectivity index is 1.58. The number of carboxylic acid groups (broad SMARTS) is 1. The molecule has 3 unspecified atom stereocenters. The van der Waals surface area contributed by atoms with Crippen LogP contribution in [0.2, 0.25) is 0 Å². The highest BCUT2D eigenvalue weighted by Crippen LogP contribution is 2.19. The molecule has 2 saturated heterocycles. The fourth-order valence-electron chi connectivity index (χ4n) is 2.45. The van der Waals surface area contributed by atoms with Gasteiger partial charge in [-0.1, -0.05) is 0 Å². The predicted molar refractivity (Wildman–Crippen MR) is 61.9 cm³/mol. The van der Waals surface area contributed by atoms with Crippen LogP contribution < -0.4 is 5.32 Å². The molecule has 2 rings (SSSR count). The zero-order valence-electron chi connectivity index (χ0n) is 10.1. The van der Waals surface area contributed by atoms with E-state index >= 15 is 0 Å². The van der Waals surface area contributed by atoms with Gasteiger partial charge in [0.05, 0.1) is 12.7 Å². The van der Waals surface area contributed by atoms with E-state index in [2.05, 4.69) is 5.32 Å². The summed E-state index contributed by atoms with van der Waals surface area (Å²) in [5.41, 5.74) is 0. The number of carbonyl (C=O) groups is 1. The van der Waals surface area contributed by atoms with Crippen molar-refractivity contribution in [2.24, 2.45) is 5.92 Å². The number of aliphatic carboxylic acids is 1. The van der Waals surface area contributed by atoms with Crippen LogP contribution >= 0.6 is 0 Å². The summed E-state index contributed by atoms with van der Waals surface area (Å²) in [7, 11) is 0. The first kappa shape index (κ1) is 12.8. The number of hydrogen-bond donors (Lipinski definition) is 2. The first-order chi connectivity index (χ1) is 8.25. The van der Waals surface area contributed by atoms with Crippen LogP contribution in [-0.2, 0) is 14.3 Å². The van der Waals surface area contributed by atoms with Gasteiger partial charge >= 0.3 is 5.97 Å². The molecule has 2 N–H and O–H groups in total. The molecule has 3 atom stereocenters. The third kappa shape index (κ3) is 3.94. The second kappa shape index (κ2) is 6.33. The van der Waals surface area contributed by atoms with Crippen LogP contribution in [0.4, 0.5) is 0 Å². The summed E-state index contributed by atoms with van der Waals surface area (Å²) in [5.74, 6) is -0.242. The van der Waals surface area contributed by atoms with E-state index in [0.29, 0.717) is 12.3 Å². The second-order valence-electron chi connectivity index (χ2n) is 4.90. The number of rotatable bonds is 5. The van der Waals surface area contributed by atoms with E-state index in [1.54, 1.807) is 0 Å². The Morgan fingerprint density at radius 1 is 1.29 bits per heavy atom. The molecule has 0 aromatic rings. The molecule has 0 spiro atoms. The van der Waals surface area contributed by atoms with Gasteiger partial charge in [0.1, 0.15) is 0 Å². The van der Waals surface area contributed by atoms with Crippen LogP contribution in [0.15, 0.2) is 0 Å². The van der Waals surface area contributed by atoms with Gasteiger partial charge in [-0.3, -0.25) is 0 Å². The maximum absolute atomic E-state index is 10.7. The van der Waals surface area contributed by atoms with Crippen molar-refractivity contribution in [1.82, 2.24) is 5.32 Å². The van der Waals surface area contributed by atoms with Crippen LogP contribution in [0.1, 0.15) is 25.7 Å². The number of hydrogen-bond acceptors (Lipinski definition) is 4. The summed E-state index contributed by atoms with van der Waals surface area (Å²) in [6.45, 7) is 3.43. The van der Waals surface area contributed by atoms with Crippen molar-refractivity contribution in [3.63, 3.8) is 0 Å². The molecule has 5 nitrogen and oxygen atoms in total. The molecule has 2 heterocycles. The van der Waals surface area contributed by atoms with Gasteiger partial charge in [0.2, 0.25) is 0 Å². The van der Waals surface area contributed by atoms with Gasteiger partial charge in [0.25, 0.3) is 0 Å². The van der Waals surface area contributed by atoms with Gasteiger partial charge in [0, 0.05) is 19.7 Å². The zero-order chi connectivity index (χ0) is 12.1. The van der Waals surface area contributed by atoms with Crippen molar-refractivity contribution in [2.45, 2.75) is 37.9 Å². The predicted octanol–water partition coefficient (Wildman–Crippen LogP) is 0.635. The van der Waals surface area contributed by atoms with Crippen LogP contribution in [0.25, 0.3) is 0 Å². The van der Waals surface area contributed by atoms with E-state index in [4.69, 9.17) is 14.6 Å². The highest BCUT2D eigenvalue weighted by atomic mass is 16.5. The molecule has 17 heavy (non-hydrogen) atoms. The van der Waals surface area contributed by atoms with E-state index in [1.807, 2.05) is 0 Å². The van der Waals surface area contributed by atoms with Crippen molar-refractivity contribution in [2.75, 3.05) is 26.3 Å². The minimum Gasteiger partial charge on any atom is -0.479 e. The first-order valence-corrected chi connectivity index (χ1v) is 6.42. The molecular weight excluding hydrogens is 222 g/mol. The standard InChI is InChI=1S/C12H21NO4/c14-12(15)11-4-3-10(17-11)7-13-6-9-2-1-5-16-8-9/h9-11,13H,1-8H2,(H,14,15). The largest absolute Gasteiger partial charge is 0.479 e. The Bertz CT molecular complexity index is 253. The molecule has 0 bridgehead atoms. The molecule has 0 aromatic heterocycles. The number of nitrogens with one attached hydrogen (secondary N) is 1. The minimum atomic E-state index is -0.840. The molecular formula is C12H21NO4. The number of carboxylic acids is 1. The lowest BCUT2D eigenvalue weighted by Gasteiger charge is -2.23. The smallest absolute Gasteiger partial charge is 0.332 e. The average Bonchev–Trinajstić information content (AvgIpc) is 2.79. The van der Waals surface area contributed by atoms with Gasteiger partial charge in [-0.05, 0) is 31.6 Å². The van der Waals surface area contributed by atoms with E-state index in [0.717, 1.165) is 39.1 Å². The lowest BCUT2D eigenvalue weighted by molar-refractivity contribution is -0.149. The molecule has 0 saturated carbocycles. The summed E-state index contributed by atoms with van der Waals surface area (Å²) in [5, 5.41) is 12.2. The molecule has 0 amide bonds. The SMILES string of the molecule is O=C(O)C1CCC(CNCC2CCCOC2)O1. The lowest BCUT2D eigenvalue weighted by Crippen LogP contribution is -2.34. The van der Waals surface area contributed by atoms with E-state index < -0.39 is 12.1 Å². The minimum absolute atomic E-state index is 0.0561. The third-order valence-corrected chi connectivity index (χ3v) is 3.44. The van der Waals surface area contributed by atoms with Crippen molar-refractivity contribution >= 4 is 5.97 Å². The Labute approximate surface area is 101 Å². The van der Waals surface area contributed by atoms with Gasteiger partial charge in [-0.25, -0.2) is 4.79 Å². The molecule has 98 valence electrons. The second-order valence-corrected chi connectivity index (χ2v) is 4.90. The highest BCUT2D eigenvalue weighted by molar-refractivity contribution is 5.72. The van der Waals surface area contributed by atoms with Gasteiger partial charge in [-0.15, -0.1) is 0 Å². The maximum Gasteiger partial charge on any atom is 0.332 e. The fraction of sp³-hybridized carbons (Fsp3) is 0.917. The Hall–Kier alpha value is -0.650. The summed E-state index contributed by atoms with van der Waals surface area (Å²) in [4.78, 5) is 10.7. The van der Waals surface area contributed by atoms with E-state index in [-0.39, 0.29) is 6.10 Å². The topological polar surface area (TPSA) is 67.8 Å². The number of ether oxygens (including phenoxy) is 2. The Morgan fingerprint density at radius 2 is 2.18 bits per heavy atom. The van der Waals surface area contributed by atoms with Gasteiger partial charge < -0.3 is 19.9 Å². The van der Waals surface area contributed by atoms with Gasteiger partial charge in [-0.2, -0.15) is 0 Å². The quantitative estimate of drug-likeness (QED) is 0.741. The summed E-state index contributed by atoms with van der Waals surface area (Å²) >= 11 is 0. The Kier molecular flexibility index (Phi) is 4.76. The zero-order valence-corrected chi connectivity index (χ0v) is 10.1. The molecule has 0 aliphatic carbocycles. The van der Waals surface area contributed by atoms with Gasteiger partial charge in [0.15, 0.2) is 6.10 Å². The molecule has 0 radical (unpaired) electrons. The third-order valence-electron chi connectivity index (χ3n) is 3.44. The van der Waals surface area contributed by atoms with Crippen LogP contribution in [0, 0.1) is 5.92 Å². The lowest BCUT2D eigenvalue weighted by atomic mass is 10.0. The summed E-state index contributed by atoms with van der Waals surface area (Å²) < 4.78 is 10.8. The van der Waals surface area contributed by atoms with E-state index in [9.17, 15) is 4.79 Å². The van der Waals surface area contributed by atoms with Crippen molar-refractivity contribution in [3.8, 4) is 0 Å². The monoisotopic (exact) mass is 243 g/mol. The van der Waals surface area contributed by atoms with Crippen molar-refractivity contribution in [3.05, 3.63) is 0 Å². The van der Waals surface area contributed by atoms with Crippen molar-refractivity contribution in [1.29, 1.82) is 0 Å². The van der Waals surface area contributed by atoms with Crippen LogP contribution in [-0.4, -0.2) is 49.6 Å². The van der Waals surface area contributed by atoms with Crippen molar-refractivity contribution < 1.29 is 19.4 Å².